The highest BCUT2D eigenvalue weighted by Crippen LogP contribution is 2.29. The number of nitrogens with zero attached hydrogens (tertiary/aromatic N) is 1. The Morgan fingerprint density at radius 2 is 1.67 bits per heavy atom. The van der Waals surface area contributed by atoms with E-state index in [1.54, 1.807) is 24.3 Å². The van der Waals surface area contributed by atoms with Crippen LogP contribution in [0.1, 0.15) is 42.3 Å². The maximum absolute atomic E-state index is 12.3. The fraction of sp³-hybridized carbons (Fsp3) is 0.222. The van der Waals surface area contributed by atoms with E-state index in [2.05, 4.69) is 26.1 Å². The zero-order valence-electron chi connectivity index (χ0n) is 12.5. The number of nitriles is 1. The van der Waals surface area contributed by atoms with Crippen LogP contribution < -0.4 is 5.32 Å². The second-order valence-corrected chi connectivity index (χ2v) is 5.94. The molecule has 3 heteroatoms. The smallest absolute Gasteiger partial charge is 0.255 e. The van der Waals surface area contributed by atoms with Crippen molar-refractivity contribution in [1.82, 2.24) is 0 Å². The minimum absolute atomic E-state index is 0.0471. The van der Waals surface area contributed by atoms with Gasteiger partial charge >= 0.3 is 0 Å². The van der Waals surface area contributed by atoms with Crippen molar-refractivity contribution in [3.05, 3.63) is 65.2 Å². The number of hydrogen-bond acceptors (Lipinski definition) is 2. The number of carbonyl (C=O) groups is 1. The minimum atomic E-state index is -0.170. The molecule has 2 rings (SSSR count). The first kappa shape index (κ1) is 14.8. The molecule has 0 bridgehead atoms. The summed E-state index contributed by atoms with van der Waals surface area (Å²) in [4.78, 5) is 12.3. The number of hydrogen-bond donors (Lipinski definition) is 1. The van der Waals surface area contributed by atoms with Crippen LogP contribution in [0.25, 0.3) is 0 Å². The van der Waals surface area contributed by atoms with Crippen LogP contribution in [0.3, 0.4) is 0 Å². The summed E-state index contributed by atoms with van der Waals surface area (Å²) in [5, 5.41) is 11.7. The monoisotopic (exact) mass is 278 g/mol. The van der Waals surface area contributed by atoms with Crippen LogP contribution in [-0.2, 0) is 5.41 Å². The Hall–Kier alpha value is -2.60. The van der Waals surface area contributed by atoms with E-state index >= 15 is 0 Å². The third kappa shape index (κ3) is 3.49. The summed E-state index contributed by atoms with van der Waals surface area (Å²) in [7, 11) is 0. The predicted molar refractivity (Wildman–Crippen MR) is 84.3 cm³/mol. The van der Waals surface area contributed by atoms with Crippen LogP contribution in [-0.4, -0.2) is 5.91 Å². The SMILES string of the molecule is CC(C)(C)c1ccccc1NC(=O)c1ccc(C#N)cc1. The number of benzene rings is 2. The van der Waals surface area contributed by atoms with Crippen LogP contribution in [0.4, 0.5) is 5.69 Å². The van der Waals surface area contributed by atoms with Crippen molar-refractivity contribution in [2.45, 2.75) is 26.2 Å². The zero-order chi connectivity index (χ0) is 15.5. The number of anilines is 1. The Balaban J connectivity index is 2.26. The van der Waals surface area contributed by atoms with E-state index < -0.39 is 0 Å². The summed E-state index contributed by atoms with van der Waals surface area (Å²) in [6, 6.07) is 16.5. The molecule has 1 amide bonds. The fourth-order valence-corrected chi connectivity index (χ4v) is 2.14. The molecule has 21 heavy (non-hydrogen) atoms. The topological polar surface area (TPSA) is 52.9 Å². The molecule has 0 aliphatic heterocycles. The van der Waals surface area contributed by atoms with Gasteiger partial charge in [-0.3, -0.25) is 4.79 Å². The number of carbonyl (C=O) groups excluding carboxylic acids is 1. The lowest BCUT2D eigenvalue weighted by Crippen LogP contribution is -2.18. The molecule has 3 nitrogen and oxygen atoms in total. The molecule has 1 N–H and O–H groups in total. The van der Waals surface area contributed by atoms with Crippen molar-refractivity contribution in [1.29, 1.82) is 5.26 Å². The lowest BCUT2D eigenvalue weighted by atomic mass is 9.86. The molecule has 0 unspecified atom stereocenters. The van der Waals surface area contributed by atoms with E-state index in [-0.39, 0.29) is 11.3 Å². The van der Waals surface area contributed by atoms with E-state index in [4.69, 9.17) is 5.26 Å². The van der Waals surface area contributed by atoms with E-state index in [0.29, 0.717) is 11.1 Å². The summed E-state index contributed by atoms with van der Waals surface area (Å²) in [6.07, 6.45) is 0. The first-order valence-electron chi connectivity index (χ1n) is 6.83. The fourth-order valence-electron chi connectivity index (χ4n) is 2.14. The standard InChI is InChI=1S/C18H18N2O/c1-18(2,3)15-6-4-5-7-16(15)20-17(21)14-10-8-13(12-19)9-11-14/h4-11H,1-3H3,(H,20,21). The maximum atomic E-state index is 12.3. The van der Waals surface area contributed by atoms with E-state index in [9.17, 15) is 4.79 Å². The van der Waals surface area contributed by atoms with Crippen LogP contribution >= 0.6 is 0 Å². The van der Waals surface area contributed by atoms with Crippen molar-refractivity contribution < 1.29 is 4.79 Å². The van der Waals surface area contributed by atoms with Crippen LogP contribution in [0.5, 0.6) is 0 Å². The molecular formula is C18H18N2O. The summed E-state index contributed by atoms with van der Waals surface area (Å²) < 4.78 is 0. The normalized spacial score (nSPS) is 10.8. The second kappa shape index (κ2) is 5.80. The van der Waals surface area contributed by atoms with Crippen LogP contribution in [0.2, 0.25) is 0 Å². The van der Waals surface area contributed by atoms with Gasteiger partial charge in [-0.25, -0.2) is 0 Å². The number of para-hydroxylation sites is 1. The predicted octanol–water partition coefficient (Wildman–Crippen LogP) is 4.11. The van der Waals surface area contributed by atoms with Crippen LogP contribution in [0, 0.1) is 11.3 Å². The highest BCUT2D eigenvalue weighted by Gasteiger charge is 2.18. The maximum Gasteiger partial charge on any atom is 0.255 e. The summed E-state index contributed by atoms with van der Waals surface area (Å²) >= 11 is 0. The van der Waals surface area contributed by atoms with Crippen molar-refractivity contribution in [2.24, 2.45) is 0 Å². The molecule has 0 aromatic heterocycles. The minimum Gasteiger partial charge on any atom is -0.322 e. The van der Waals surface area contributed by atoms with Gasteiger partial charge in [-0.2, -0.15) is 5.26 Å². The number of rotatable bonds is 2. The van der Waals surface area contributed by atoms with E-state index in [1.807, 2.05) is 30.3 Å². The summed E-state index contributed by atoms with van der Waals surface area (Å²) in [5.74, 6) is -0.170. The number of nitrogens with one attached hydrogen (secondary N) is 1. The molecule has 0 fully saturated rings. The van der Waals surface area contributed by atoms with Gasteiger partial charge in [0.1, 0.15) is 0 Å². The van der Waals surface area contributed by atoms with Gasteiger partial charge in [0.25, 0.3) is 5.91 Å². The molecule has 106 valence electrons. The van der Waals surface area contributed by atoms with E-state index in [1.165, 1.54) is 0 Å². The van der Waals surface area contributed by atoms with Gasteiger partial charge in [-0.15, -0.1) is 0 Å². The first-order valence-corrected chi connectivity index (χ1v) is 6.83. The Morgan fingerprint density at radius 3 is 2.24 bits per heavy atom. The summed E-state index contributed by atoms with van der Waals surface area (Å²) in [6.45, 7) is 6.33. The average molecular weight is 278 g/mol. The Morgan fingerprint density at radius 1 is 1.05 bits per heavy atom. The van der Waals surface area contributed by atoms with Gasteiger partial charge < -0.3 is 5.32 Å². The molecule has 0 aliphatic rings. The lowest BCUT2D eigenvalue weighted by molar-refractivity contribution is 0.102. The molecular weight excluding hydrogens is 260 g/mol. The van der Waals surface area contributed by atoms with Gasteiger partial charge in [0.05, 0.1) is 11.6 Å². The Bertz CT molecular complexity index is 688. The van der Waals surface area contributed by atoms with E-state index in [0.717, 1.165) is 11.3 Å². The average Bonchev–Trinajstić information content (AvgIpc) is 2.47. The van der Waals surface area contributed by atoms with Crippen molar-refractivity contribution in [3.8, 4) is 6.07 Å². The molecule has 0 aliphatic carbocycles. The second-order valence-electron chi connectivity index (χ2n) is 5.94. The van der Waals surface area contributed by atoms with Crippen molar-refractivity contribution in [2.75, 3.05) is 5.32 Å². The molecule has 0 radical (unpaired) electrons. The zero-order valence-corrected chi connectivity index (χ0v) is 12.5. The summed E-state index contributed by atoms with van der Waals surface area (Å²) in [5.41, 5.74) is 2.94. The quantitative estimate of drug-likeness (QED) is 0.898. The molecule has 2 aromatic rings. The molecule has 0 heterocycles. The molecule has 0 spiro atoms. The highest BCUT2D eigenvalue weighted by atomic mass is 16.1. The Labute approximate surface area is 125 Å². The van der Waals surface area contributed by atoms with Gasteiger partial charge in [0.2, 0.25) is 0 Å². The van der Waals surface area contributed by atoms with Gasteiger partial charge in [0, 0.05) is 11.3 Å². The number of amides is 1. The molecule has 0 saturated carbocycles. The van der Waals surface area contributed by atoms with Gasteiger partial charge in [0.15, 0.2) is 0 Å². The molecule has 0 saturated heterocycles. The lowest BCUT2D eigenvalue weighted by Gasteiger charge is -2.23. The first-order chi connectivity index (χ1) is 9.91. The molecule has 0 atom stereocenters. The third-order valence-corrected chi connectivity index (χ3v) is 3.26. The molecule has 2 aromatic carbocycles. The van der Waals surface area contributed by atoms with Crippen molar-refractivity contribution >= 4 is 11.6 Å². The van der Waals surface area contributed by atoms with Gasteiger partial charge in [-0.05, 0) is 41.3 Å². The third-order valence-electron chi connectivity index (χ3n) is 3.26. The van der Waals surface area contributed by atoms with Crippen LogP contribution in [0.15, 0.2) is 48.5 Å². The Kier molecular flexibility index (Phi) is 4.09. The highest BCUT2D eigenvalue weighted by molar-refractivity contribution is 6.04. The van der Waals surface area contributed by atoms with Gasteiger partial charge in [-0.1, -0.05) is 39.0 Å². The largest absolute Gasteiger partial charge is 0.322 e. The van der Waals surface area contributed by atoms with Crippen molar-refractivity contribution in [3.63, 3.8) is 0 Å².